The molecule has 0 spiro atoms. The number of aromatic nitrogens is 2. The molecule has 0 saturated carbocycles. The maximum atomic E-state index is 13.2. The first-order valence-corrected chi connectivity index (χ1v) is 10.7. The average Bonchev–Trinajstić information content (AvgIpc) is 2.84. The molecular weight excluding hydrogens is 410 g/mol. The van der Waals surface area contributed by atoms with Crippen LogP contribution in [0, 0.1) is 0 Å². The second-order valence-corrected chi connectivity index (χ2v) is 7.98. The van der Waals surface area contributed by atoms with Gasteiger partial charge in [-0.3, -0.25) is 14.3 Å². The van der Waals surface area contributed by atoms with E-state index in [0.717, 1.165) is 37.2 Å². The lowest BCUT2D eigenvalue weighted by Crippen LogP contribution is -2.42. The summed E-state index contributed by atoms with van der Waals surface area (Å²) in [7, 11) is 2.91. The molecule has 8 heteroatoms. The van der Waals surface area contributed by atoms with Crippen molar-refractivity contribution in [3.05, 3.63) is 74.4 Å². The Kier molecular flexibility index (Phi) is 6.41. The third-order valence-electron chi connectivity index (χ3n) is 6.09. The number of nitrogens with zero attached hydrogens (tertiary/aromatic N) is 2. The van der Waals surface area contributed by atoms with Crippen LogP contribution in [0.2, 0.25) is 0 Å². The van der Waals surface area contributed by atoms with Crippen LogP contribution in [0.5, 0.6) is 5.75 Å². The summed E-state index contributed by atoms with van der Waals surface area (Å²) in [6.45, 7) is 2.06. The number of hydrogen-bond donors (Lipinski definition) is 1. The van der Waals surface area contributed by atoms with Gasteiger partial charge in [-0.05, 0) is 61.8 Å². The zero-order chi connectivity index (χ0) is 22.7. The van der Waals surface area contributed by atoms with Crippen LogP contribution < -0.4 is 16.0 Å². The van der Waals surface area contributed by atoms with Gasteiger partial charge in [-0.1, -0.05) is 18.6 Å². The first kappa shape index (κ1) is 21.8. The number of methoxy groups -OCH3 is 2. The van der Waals surface area contributed by atoms with Crippen LogP contribution >= 0.6 is 0 Å². The van der Waals surface area contributed by atoms with Gasteiger partial charge in [-0.2, -0.15) is 0 Å². The molecule has 1 fully saturated rings. The molecule has 1 saturated heterocycles. The standard InChI is InChI=1S/C24H27N3O5/c1-31-18-9-6-16(7-10-18)21(26-12-4-3-5-13-26)15-27-22(28)19-11-8-17(23(29)32-2)14-20(19)25-24(27)30/h6-11,14,21H,3-5,12-13,15H2,1-2H3,(H,25,30). The van der Waals surface area contributed by atoms with Crippen LogP contribution in [0.1, 0.15) is 41.2 Å². The molecule has 2 heterocycles. The van der Waals surface area contributed by atoms with Gasteiger partial charge in [0, 0.05) is 0 Å². The van der Waals surface area contributed by atoms with E-state index in [-0.39, 0.29) is 23.7 Å². The summed E-state index contributed by atoms with van der Waals surface area (Å²) in [6, 6.07) is 12.2. The lowest BCUT2D eigenvalue weighted by molar-refractivity contribution is 0.0601. The van der Waals surface area contributed by atoms with Crippen LogP contribution in [0.15, 0.2) is 52.1 Å². The molecule has 0 amide bonds. The van der Waals surface area contributed by atoms with E-state index < -0.39 is 11.7 Å². The molecule has 1 unspecified atom stereocenters. The second kappa shape index (κ2) is 9.40. The van der Waals surface area contributed by atoms with Crippen molar-refractivity contribution in [2.45, 2.75) is 31.8 Å². The van der Waals surface area contributed by atoms with E-state index in [9.17, 15) is 14.4 Å². The lowest BCUT2D eigenvalue weighted by atomic mass is 10.0. The molecule has 1 aliphatic rings. The molecule has 0 bridgehead atoms. The predicted octanol–water partition coefficient (Wildman–Crippen LogP) is 2.71. The Labute approximate surface area is 185 Å². The number of benzene rings is 2. The maximum Gasteiger partial charge on any atom is 0.337 e. The fourth-order valence-corrected chi connectivity index (χ4v) is 4.33. The van der Waals surface area contributed by atoms with Crippen LogP contribution in [0.3, 0.4) is 0 Å². The van der Waals surface area contributed by atoms with E-state index in [1.807, 2.05) is 24.3 Å². The number of carbonyl (C=O) groups excluding carboxylic acids is 1. The van der Waals surface area contributed by atoms with Gasteiger partial charge < -0.3 is 14.5 Å². The van der Waals surface area contributed by atoms with Crippen molar-refractivity contribution in [3.63, 3.8) is 0 Å². The largest absolute Gasteiger partial charge is 0.497 e. The summed E-state index contributed by atoms with van der Waals surface area (Å²) in [5.41, 5.74) is 0.742. The van der Waals surface area contributed by atoms with Crippen LogP contribution in [0.25, 0.3) is 10.9 Å². The average molecular weight is 437 g/mol. The van der Waals surface area contributed by atoms with E-state index in [1.54, 1.807) is 13.2 Å². The number of hydrogen-bond acceptors (Lipinski definition) is 6. The van der Waals surface area contributed by atoms with Gasteiger partial charge in [-0.25, -0.2) is 9.59 Å². The summed E-state index contributed by atoms with van der Waals surface area (Å²) in [5.74, 6) is 0.231. The monoisotopic (exact) mass is 437 g/mol. The van der Waals surface area contributed by atoms with E-state index in [4.69, 9.17) is 9.47 Å². The number of likely N-dealkylation sites (tertiary alicyclic amines) is 1. The molecule has 168 valence electrons. The van der Waals surface area contributed by atoms with E-state index in [1.165, 1.54) is 30.2 Å². The highest BCUT2D eigenvalue weighted by Crippen LogP contribution is 2.27. The van der Waals surface area contributed by atoms with Crippen LogP contribution in [-0.2, 0) is 11.3 Å². The number of ether oxygens (including phenoxy) is 2. The Morgan fingerprint density at radius 3 is 2.41 bits per heavy atom. The Morgan fingerprint density at radius 1 is 1.03 bits per heavy atom. The molecule has 0 aliphatic carbocycles. The van der Waals surface area contributed by atoms with Gasteiger partial charge in [0.25, 0.3) is 5.56 Å². The van der Waals surface area contributed by atoms with Crippen molar-refractivity contribution < 1.29 is 14.3 Å². The quantitative estimate of drug-likeness (QED) is 0.596. The summed E-state index contributed by atoms with van der Waals surface area (Å²) < 4.78 is 11.3. The number of carbonyl (C=O) groups is 1. The molecule has 1 aliphatic heterocycles. The highest BCUT2D eigenvalue weighted by Gasteiger charge is 2.24. The number of esters is 1. The molecule has 8 nitrogen and oxygen atoms in total. The first-order chi connectivity index (χ1) is 15.5. The lowest BCUT2D eigenvalue weighted by Gasteiger charge is -2.35. The second-order valence-electron chi connectivity index (χ2n) is 7.98. The molecule has 0 radical (unpaired) electrons. The molecule has 3 aromatic rings. The van der Waals surface area contributed by atoms with Gasteiger partial charge in [-0.15, -0.1) is 0 Å². The third kappa shape index (κ3) is 4.31. The Hall–Kier alpha value is -3.39. The van der Waals surface area contributed by atoms with Crippen molar-refractivity contribution in [2.75, 3.05) is 27.3 Å². The van der Waals surface area contributed by atoms with Crippen molar-refractivity contribution in [1.82, 2.24) is 14.5 Å². The fourth-order valence-electron chi connectivity index (χ4n) is 4.33. The number of nitrogens with one attached hydrogen (secondary N) is 1. The highest BCUT2D eigenvalue weighted by molar-refractivity contribution is 5.93. The SMILES string of the molecule is COC(=O)c1ccc2c(=O)n(CC(c3ccc(OC)cc3)N3CCCCC3)c(=O)[nH]c2c1. The predicted molar refractivity (Wildman–Crippen MR) is 121 cm³/mol. The fraction of sp³-hybridized carbons (Fsp3) is 0.375. The van der Waals surface area contributed by atoms with Crippen LogP contribution in [-0.4, -0.2) is 47.7 Å². The molecule has 1 atom stereocenters. The van der Waals surface area contributed by atoms with Crippen molar-refractivity contribution >= 4 is 16.9 Å². The molecule has 4 rings (SSSR count). The van der Waals surface area contributed by atoms with E-state index >= 15 is 0 Å². The molecular formula is C24H27N3O5. The molecule has 2 aromatic carbocycles. The number of H-pyrrole nitrogens is 1. The zero-order valence-electron chi connectivity index (χ0n) is 18.3. The van der Waals surface area contributed by atoms with E-state index in [2.05, 4.69) is 9.88 Å². The topological polar surface area (TPSA) is 93.6 Å². The van der Waals surface area contributed by atoms with E-state index in [0.29, 0.717) is 10.9 Å². The smallest absolute Gasteiger partial charge is 0.337 e. The molecule has 1 N–H and O–H groups in total. The minimum absolute atomic E-state index is 0.119. The van der Waals surface area contributed by atoms with Gasteiger partial charge in [0.1, 0.15) is 5.75 Å². The first-order valence-electron chi connectivity index (χ1n) is 10.7. The summed E-state index contributed by atoms with van der Waals surface area (Å²) >= 11 is 0. The third-order valence-corrected chi connectivity index (χ3v) is 6.09. The van der Waals surface area contributed by atoms with Crippen molar-refractivity contribution in [1.29, 1.82) is 0 Å². The Balaban J connectivity index is 1.75. The van der Waals surface area contributed by atoms with Gasteiger partial charge in [0.2, 0.25) is 0 Å². The number of aromatic amines is 1. The summed E-state index contributed by atoms with van der Waals surface area (Å²) in [6.07, 6.45) is 3.36. The van der Waals surface area contributed by atoms with Gasteiger partial charge in [0.05, 0.1) is 43.3 Å². The molecule has 32 heavy (non-hydrogen) atoms. The number of fused-ring (bicyclic) bond motifs is 1. The van der Waals surface area contributed by atoms with Gasteiger partial charge in [0.15, 0.2) is 0 Å². The molecule has 1 aromatic heterocycles. The summed E-state index contributed by atoms with van der Waals surface area (Å²) in [5, 5.41) is 0.351. The van der Waals surface area contributed by atoms with Crippen molar-refractivity contribution in [2.24, 2.45) is 0 Å². The van der Waals surface area contributed by atoms with Gasteiger partial charge >= 0.3 is 11.7 Å². The minimum Gasteiger partial charge on any atom is -0.497 e. The van der Waals surface area contributed by atoms with Crippen LogP contribution in [0.4, 0.5) is 0 Å². The Morgan fingerprint density at radius 2 is 1.75 bits per heavy atom. The number of rotatable bonds is 6. The van der Waals surface area contributed by atoms with Crippen molar-refractivity contribution in [3.8, 4) is 5.75 Å². The minimum atomic E-state index is -0.526. The zero-order valence-corrected chi connectivity index (χ0v) is 18.3. The maximum absolute atomic E-state index is 13.2. The summed E-state index contributed by atoms with van der Waals surface area (Å²) in [4.78, 5) is 43.0. The number of piperidine rings is 1. The normalized spacial score (nSPS) is 15.4. The Bertz CT molecular complexity index is 1220. The highest BCUT2D eigenvalue weighted by atomic mass is 16.5.